The first-order chi connectivity index (χ1) is 15.4. The Morgan fingerprint density at radius 2 is 1.84 bits per heavy atom. The molecule has 2 aliphatic heterocycles. The number of aromatic nitrogens is 2. The number of halogens is 1. The Morgan fingerprint density at radius 3 is 2.50 bits per heavy atom. The molecule has 0 saturated carbocycles. The molecule has 8 nitrogen and oxygen atoms in total. The quantitative estimate of drug-likeness (QED) is 0.419. The fourth-order valence-electron chi connectivity index (χ4n) is 4.14. The predicted molar refractivity (Wildman–Crippen MR) is 119 cm³/mol. The highest BCUT2D eigenvalue weighted by atomic mass is 35.5. The molecule has 2 saturated heterocycles. The van der Waals surface area contributed by atoms with Crippen LogP contribution in [0.3, 0.4) is 0 Å². The second-order valence-electron chi connectivity index (χ2n) is 7.91. The maximum Gasteiger partial charge on any atom is 0.295 e. The van der Waals surface area contributed by atoms with Gasteiger partial charge in [0.2, 0.25) is 0 Å². The number of hydrogen-bond acceptors (Lipinski definition) is 7. The summed E-state index contributed by atoms with van der Waals surface area (Å²) in [4.78, 5) is 38.3. The third-order valence-electron chi connectivity index (χ3n) is 5.84. The van der Waals surface area contributed by atoms with Crippen molar-refractivity contribution in [1.82, 2.24) is 19.8 Å². The molecular formula is C23H25ClN4O4. The van der Waals surface area contributed by atoms with Crippen LogP contribution in [0.15, 0.2) is 36.0 Å². The van der Waals surface area contributed by atoms with Gasteiger partial charge in [-0.3, -0.25) is 14.5 Å². The van der Waals surface area contributed by atoms with E-state index in [0.717, 1.165) is 13.1 Å². The van der Waals surface area contributed by atoms with E-state index >= 15 is 0 Å². The summed E-state index contributed by atoms with van der Waals surface area (Å²) in [5.41, 5.74) is 1.60. The van der Waals surface area contributed by atoms with Gasteiger partial charge >= 0.3 is 0 Å². The number of ketones is 1. The van der Waals surface area contributed by atoms with Crippen LogP contribution in [0.5, 0.6) is 0 Å². The van der Waals surface area contributed by atoms with Gasteiger partial charge in [0.05, 0.1) is 36.1 Å². The molecular weight excluding hydrogens is 432 g/mol. The number of carbonyl (C=O) groups excluding carboxylic acids is 2. The molecule has 0 unspecified atom stereocenters. The number of amides is 1. The second kappa shape index (κ2) is 9.36. The summed E-state index contributed by atoms with van der Waals surface area (Å²) >= 11 is 6.06. The fraction of sp³-hybridized carbons (Fsp3) is 0.391. The van der Waals surface area contributed by atoms with Crippen LogP contribution in [0.1, 0.15) is 28.7 Å². The average molecular weight is 457 g/mol. The van der Waals surface area contributed by atoms with Crippen LogP contribution in [0.4, 0.5) is 0 Å². The summed E-state index contributed by atoms with van der Waals surface area (Å²) < 4.78 is 5.39. The summed E-state index contributed by atoms with van der Waals surface area (Å²) in [7, 11) is 0. The first-order valence-corrected chi connectivity index (χ1v) is 10.9. The monoisotopic (exact) mass is 456 g/mol. The lowest BCUT2D eigenvalue weighted by Gasteiger charge is -2.31. The van der Waals surface area contributed by atoms with Gasteiger partial charge in [0, 0.05) is 37.4 Å². The van der Waals surface area contributed by atoms with E-state index in [1.807, 2.05) is 0 Å². The Morgan fingerprint density at radius 1 is 1.16 bits per heavy atom. The van der Waals surface area contributed by atoms with Crippen molar-refractivity contribution in [2.24, 2.45) is 0 Å². The second-order valence-corrected chi connectivity index (χ2v) is 8.35. The summed E-state index contributed by atoms with van der Waals surface area (Å²) in [6.45, 7) is 7.26. The Labute approximate surface area is 191 Å². The van der Waals surface area contributed by atoms with E-state index in [0.29, 0.717) is 54.0 Å². The number of ether oxygens (including phenoxy) is 1. The number of likely N-dealkylation sites (tertiary alicyclic amines) is 1. The zero-order valence-corrected chi connectivity index (χ0v) is 18.8. The maximum absolute atomic E-state index is 13.1. The van der Waals surface area contributed by atoms with Gasteiger partial charge in [-0.05, 0) is 31.5 Å². The lowest BCUT2D eigenvalue weighted by molar-refractivity contribution is -0.140. The number of rotatable bonds is 5. The van der Waals surface area contributed by atoms with Crippen molar-refractivity contribution in [3.05, 3.63) is 63.7 Å². The van der Waals surface area contributed by atoms with Gasteiger partial charge in [0.25, 0.3) is 11.7 Å². The van der Waals surface area contributed by atoms with Crippen molar-refractivity contribution in [3.8, 4) is 0 Å². The highest BCUT2D eigenvalue weighted by Crippen LogP contribution is 2.39. The van der Waals surface area contributed by atoms with Gasteiger partial charge in [-0.1, -0.05) is 23.7 Å². The molecule has 32 heavy (non-hydrogen) atoms. The van der Waals surface area contributed by atoms with Crippen LogP contribution >= 0.6 is 11.6 Å². The number of aryl methyl sites for hydroxylation is 2. The van der Waals surface area contributed by atoms with E-state index in [9.17, 15) is 14.7 Å². The number of morpholine rings is 1. The van der Waals surface area contributed by atoms with Crippen LogP contribution in [-0.2, 0) is 14.3 Å². The first kappa shape index (κ1) is 22.4. The van der Waals surface area contributed by atoms with Crippen molar-refractivity contribution in [2.75, 3.05) is 39.4 Å². The molecule has 2 fully saturated rings. The average Bonchev–Trinajstić information content (AvgIpc) is 3.03. The zero-order chi connectivity index (χ0) is 22.8. The van der Waals surface area contributed by atoms with Crippen LogP contribution in [0.2, 0.25) is 5.02 Å². The largest absolute Gasteiger partial charge is 0.507 e. The van der Waals surface area contributed by atoms with E-state index in [4.69, 9.17) is 16.3 Å². The molecule has 9 heteroatoms. The Kier molecular flexibility index (Phi) is 6.55. The van der Waals surface area contributed by atoms with Gasteiger partial charge in [0.15, 0.2) is 0 Å². The molecule has 4 rings (SSSR count). The number of benzene rings is 1. The minimum absolute atomic E-state index is 0.0369. The van der Waals surface area contributed by atoms with Gasteiger partial charge in [0.1, 0.15) is 11.6 Å². The maximum atomic E-state index is 13.1. The third-order valence-corrected chi connectivity index (χ3v) is 6.09. The molecule has 2 aliphatic rings. The molecule has 1 aromatic heterocycles. The van der Waals surface area contributed by atoms with E-state index in [2.05, 4.69) is 14.9 Å². The molecule has 0 aliphatic carbocycles. The lowest BCUT2D eigenvalue weighted by atomic mass is 9.95. The minimum Gasteiger partial charge on any atom is -0.507 e. The van der Waals surface area contributed by atoms with Crippen molar-refractivity contribution in [2.45, 2.75) is 19.9 Å². The molecule has 0 bridgehead atoms. The molecule has 3 heterocycles. The number of aliphatic hydroxyl groups excluding tert-OH is 1. The molecule has 0 spiro atoms. The van der Waals surface area contributed by atoms with Crippen molar-refractivity contribution in [3.63, 3.8) is 0 Å². The van der Waals surface area contributed by atoms with Gasteiger partial charge in [-0.2, -0.15) is 0 Å². The van der Waals surface area contributed by atoms with Gasteiger partial charge in [-0.25, -0.2) is 9.97 Å². The smallest absolute Gasteiger partial charge is 0.295 e. The van der Waals surface area contributed by atoms with Crippen LogP contribution in [-0.4, -0.2) is 76.0 Å². The number of carbonyl (C=O) groups is 2. The SMILES string of the molecule is Cc1ncc(/C(O)=C2\C(=O)C(=O)N(CCN3CCOCC3)[C@@H]2c2ccc(Cl)cc2)c(C)n1. The Balaban J connectivity index is 1.75. The summed E-state index contributed by atoms with van der Waals surface area (Å²) in [6, 6.07) is 6.23. The van der Waals surface area contributed by atoms with Crippen molar-refractivity contribution in [1.29, 1.82) is 0 Å². The minimum atomic E-state index is -0.728. The molecule has 1 atom stereocenters. The highest BCUT2D eigenvalue weighted by Gasteiger charge is 2.46. The lowest BCUT2D eigenvalue weighted by Crippen LogP contribution is -2.42. The molecule has 0 radical (unpaired) electrons. The Hall–Kier alpha value is -2.81. The van der Waals surface area contributed by atoms with Crippen LogP contribution in [0.25, 0.3) is 5.76 Å². The van der Waals surface area contributed by atoms with Gasteiger partial charge < -0.3 is 14.7 Å². The normalized spacial score (nSPS) is 21.3. The fourth-order valence-corrected chi connectivity index (χ4v) is 4.26. The van der Waals surface area contributed by atoms with Crippen LogP contribution < -0.4 is 0 Å². The molecule has 168 valence electrons. The molecule has 1 amide bonds. The Bertz CT molecular complexity index is 1060. The highest BCUT2D eigenvalue weighted by molar-refractivity contribution is 6.46. The number of hydrogen-bond donors (Lipinski definition) is 1. The van der Waals surface area contributed by atoms with Crippen molar-refractivity contribution >= 4 is 29.1 Å². The summed E-state index contributed by atoms with van der Waals surface area (Å²) in [6.07, 6.45) is 1.48. The van der Waals surface area contributed by atoms with E-state index in [-0.39, 0.29) is 11.3 Å². The third kappa shape index (κ3) is 4.39. The number of Topliss-reactive ketones (excluding diaryl/α,β-unsaturated/α-hetero) is 1. The number of nitrogens with zero attached hydrogens (tertiary/aromatic N) is 4. The molecule has 2 aromatic rings. The first-order valence-electron chi connectivity index (χ1n) is 10.5. The summed E-state index contributed by atoms with van der Waals surface area (Å²) in [5.74, 6) is -1.07. The van der Waals surface area contributed by atoms with E-state index in [1.165, 1.54) is 11.1 Å². The topological polar surface area (TPSA) is 95.9 Å². The molecule has 1 N–H and O–H groups in total. The van der Waals surface area contributed by atoms with Gasteiger partial charge in [-0.15, -0.1) is 0 Å². The zero-order valence-electron chi connectivity index (χ0n) is 18.0. The van der Waals surface area contributed by atoms with E-state index in [1.54, 1.807) is 38.1 Å². The van der Waals surface area contributed by atoms with Crippen LogP contribution in [0, 0.1) is 13.8 Å². The van der Waals surface area contributed by atoms with E-state index < -0.39 is 17.7 Å². The standard InChI is InChI=1S/C23H25ClN4O4/c1-14-18(13-25-15(2)26-14)21(29)19-20(16-3-5-17(24)6-4-16)28(23(31)22(19)30)8-7-27-9-11-32-12-10-27/h3-6,13,20,29H,7-12H2,1-2H3/b21-19+/t20-/m1/s1. The van der Waals surface area contributed by atoms with Crippen molar-refractivity contribution < 1.29 is 19.4 Å². The molecule has 1 aromatic carbocycles. The summed E-state index contributed by atoms with van der Waals surface area (Å²) in [5, 5.41) is 11.7. The number of aliphatic hydroxyl groups is 1. The predicted octanol–water partition coefficient (Wildman–Crippen LogP) is 2.50.